The number of nitrogens with one attached hydrogen (secondary N) is 1. The van der Waals surface area contributed by atoms with Crippen molar-refractivity contribution in [2.24, 2.45) is 0 Å². The molecule has 3 rings (SSSR count). The number of halogens is 2. The van der Waals surface area contributed by atoms with Crippen LogP contribution >= 0.6 is 12.4 Å². The minimum Gasteiger partial charge on any atom is -0.395 e. The van der Waals surface area contributed by atoms with Crippen molar-refractivity contribution in [1.82, 2.24) is 9.88 Å². The molecule has 0 atom stereocenters. The van der Waals surface area contributed by atoms with E-state index >= 15 is 0 Å². The fourth-order valence-corrected chi connectivity index (χ4v) is 3.20. The summed E-state index contributed by atoms with van der Waals surface area (Å²) in [6, 6.07) is 4.42. The lowest BCUT2D eigenvalue weighted by Gasteiger charge is -2.32. The van der Waals surface area contributed by atoms with E-state index in [1.54, 1.807) is 12.3 Å². The van der Waals surface area contributed by atoms with Gasteiger partial charge in [-0.1, -0.05) is 6.07 Å². The average Bonchev–Trinajstić information content (AvgIpc) is 2.50. The number of rotatable bonds is 3. The Morgan fingerprint density at radius 2 is 2.00 bits per heavy atom. The molecule has 1 saturated heterocycles. The first kappa shape index (κ1) is 16.9. The molecule has 0 bridgehead atoms. The van der Waals surface area contributed by atoms with Crippen LogP contribution in [0.25, 0.3) is 10.8 Å². The molecule has 1 aliphatic heterocycles. The summed E-state index contributed by atoms with van der Waals surface area (Å²) in [6.45, 7) is 2.77. The Morgan fingerprint density at radius 1 is 1.27 bits per heavy atom. The summed E-state index contributed by atoms with van der Waals surface area (Å²) in [7, 11) is 0. The third kappa shape index (κ3) is 3.32. The minimum atomic E-state index is -0.386. The van der Waals surface area contributed by atoms with Gasteiger partial charge in [-0.25, -0.2) is 4.39 Å². The SMILES string of the molecule is Cl.O=c1[nH]cc(C2CCN(CCO)CC2)c2ccc(F)cc12. The van der Waals surface area contributed by atoms with E-state index in [1.807, 2.05) is 0 Å². The van der Waals surface area contributed by atoms with E-state index in [4.69, 9.17) is 5.11 Å². The highest BCUT2D eigenvalue weighted by molar-refractivity contribution is 5.85. The van der Waals surface area contributed by atoms with Crippen LogP contribution in [0.15, 0.2) is 29.2 Å². The average molecular weight is 327 g/mol. The number of piperidine rings is 1. The zero-order chi connectivity index (χ0) is 14.8. The minimum absolute atomic E-state index is 0. The number of aromatic amines is 1. The largest absolute Gasteiger partial charge is 0.395 e. The molecule has 1 aliphatic rings. The van der Waals surface area contributed by atoms with Gasteiger partial charge in [0.25, 0.3) is 5.56 Å². The van der Waals surface area contributed by atoms with Gasteiger partial charge in [-0.3, -0.25) is 4.79 Å². The number of benzene rings is 1. The van der Waals surface area contributed by atoms with Crippen molar-refractivity contribution < 1.29 is 9.50 Å². The van der Waals surface area contributed by atoms with Crippen LogP contribution in [0.1, 0.15) is 24.3 Å². The van der Waals surface area contributed by atoms with E-state index in [9.17, 15) is 9.18 Å². The van der Waals surface area contributed by atoms with Gasteiger partial charge in [0.2, 0.25) is 0 Å². The van der Waals surface area contributed by atoms with E-state index in [1.165, 1.54) is 12.1 Å². The molecule has 1 fully saturated rings. The van der Waals surface area contributed by atoms with Crippen molar-refractivity contribution in [3.8, 4) is 0 Å². The van der Waals surface area contributed by atoms with Crippen molar-refractivity contribution in [2.45, 2.75) is 18.8 Å². The Balaban J connectivity index is 0.00000176. The molecule has 22 heavy (non-hydrogen) atoms. The second-order valence-electron chi connectivity index (χ2n) is 5.60. The van der Waals surface area contributed by atoms with Gasteiger partial charge < -0.3 is 15.0 Å². The molecule has 0 aliphatic carbocycles. The number of H-pyrrole nitrogens is 1. The van der Waals surface area contributed by atoms with Crippen LogP contribution in [0.2, 0.25) is 0 Å². The second kappa shape index (κ2) is 7.22. The van der Waals surface area contributed by atoms with Gasteiger partial charge in [0, 0.05) is 12.7 Å². The number of hydrogen-bond acceptors (Lipinski definition) is 3. The molecule has 0 unspecified atom stereocenters. The monoisotopic (exact) mass is 326 g/mol. The first-order valence-corrected chi connectivity index (χ1v) is 7.33. The van der Waals surface area contributed by atoms with Crippen LogP contribution in [0.5, 0.6) is 0 Å². The number of aliphatic hydroxyl groups is 1. The number of hydrogen-bond donors (Lipinski definition) is 2. The molecule has 0 spiro atoms. The Labute approximate surface area is 134 Å². The molecule has 2 heterocycles. The summed E-state index contributed by atoms with van der Waals surface area (Å²) in [5.74, 6) is -0.0207. The maximum absolute atomic E-state index is 13.3. The summed E-state index contributed by atoms with van der Waals surface area (Å²) >= 11 is 0. The van der Waals surface area contributed by atoms with Crippen molar-refractivity contribution in [3.05, 3.63) is 46.1 Å². The van der Waals surface area contributed by atoms with Crippen LogP contribution in [-0.4, -0.2) is 41.2 Å². The van der Waals surface area contributed by atoms with Gasteiger partial charge in [-0.2, -0.15) is 0 Å². The molecular formula is C16H20ClFN2O2. The van der Waals surface area contributed by atoms with E-state index < -0.39 is 0 Å². The Hall–Kier alpha value is -1.43. The van der Waals surface area contributed by atoms with Crippen LogP contribution in [0.3, 0.4) is 0 Å². The molecule has 6 heteroatoms. The lowest BCUT2D eigenvalue weighted by atomic mass is 9.87. The molecule has 0 saturated carbocycles. The zero-order valence-corrected chi connectivity index (χ0v) is 13.0. The van der Waals surface area contributed by atoms with Gasteiger partial charge in [0.05, 0.1) is 12.0 Å². The van der Waals surface area contributed by atoms with Crippen molar-refractivity contribution in [3.63, 3.8) is 0 Å². The van der Waals surface area contributed by atoms with Crippen LogP contribution in [0, 0.1) is 5.82 Å². The van der Waals surface area contributed by atoms with E-state index in [2.05, 4.69) is 9.88 Å². The van der Waals surface area contributed by atoms with Crippen molar-refractivity contribution in [2.75, 3.05) is 26.2 Å². The molecule has 4 nitrogen and oxygen atoms in total. The number of nitrogens with zero attached hydrogens (tertiary/aromatic N) is 1. The first-order valence-electron chi connectivity index (χ1n) is 7.33. The Bertz CT molecular complexity index is 696. The van der Waals surface area contributed by atoms with E-state index in [-0.39, 0.29) is 30.4 Å². The molecule has 0 radical (unpaired) electrons. The Kier molecular flexibility index (Phi) is 5.56. The van der Waals surface area contributed by atoms with Crippen molar-refractivity contribution in [1.29, 1.82) is 0 Å². The summed E-state index contributed by atoms with van der Waals surface area (Å²) in [5, 5.41) is 10.3. The summed E-state index contributed by atoms with van der Waals surface area (Å²) in [6.07, 6.45) is 3.74. The highest BCUT2D eigenvalue weighted by Gasteiger charge is 2.22. The number of pyridine rings is 1. The molecule has 120 valence electrons. The molecule has 1 aromatic carbocycles. The fraction of sp³-hybridized carbons (Fsp3) is 0.438. The number of fused-ring (bicyclic) bond motifs is 1. The van der Waals surface area contributed by atoms with Crippen LogP contribution in [0.4, 0.5) is 4.39 Å². The maximum atomic E-state index is 13.3. The van der Waals surface area contributed by atoms with Crippen molar-refractivity contribution >= 4 is 23.2 Å². The van der Waals surface area contributed by atoms with Gasteiger partial charge >= 0.3 is 0 Å². The molecular weight excluding hydrogens is 307 g/mol. The van der Waals surface area contributed by atoms with Gasteiger partial charge in [-0.05, 0) is 54.9 Å². The third-order valence-corrected chi connectivity index (χ3v) is 4.34. The van der Waals surface area contributed by atoms with Crippen LogP contribution < -0.4 is 5.56 Å². The topological polar surface area (TPSA) is 56.3 Å². The standard InChI is InChI=1S/C16H19FN2O2.ClH/c17-12-1-2-13-14(9-12)16(21)18-10-15(13)11-3-5-19(6-4-11)7-8-20;/h1-2,9-11,20H,3-8H2,(H,18,21);1H. The molecule has 2 aromatic rings. The second-order valence-corrected chi connectivity index (χ2v) is 5.60. The zero-order valence-electron chi connectivity index (χ0n) is 12.2. The summed E-state index contributed by atoms with van der Waals surface area (Å²) < 4.78 is 13.3. The molecule has 1 aromatic heterocycles. The quantitative estimate of drug-likeness (QED) is 0.909. The fourth-order valence-electron chi connectivity index (χ4n) is 3.20. The predicted octanol–water partition coefficient (Wildman–Crippen LogP) is 2.26. The third-order valence-electron chi connectivity index (χ3n) is 4.34. The summed E-state index contributed by atoms with van der Waals surface area (Å²) in [5.41, 5.74) is 0.846. The Morgan fingerprint density at radius 3 is 2.68 bits per heavy atom. The first-order chi connectivity index (χ1) is 10.2. The lowest BCUT2D eigenvalue weighted by molar-refractivity contribution is 0.164. The van der Waals surface area contributed by atoms with E-state index in [0.29, 0.717) is 17.8 Å². The molecule has 0 amide bonds. The number of aliphatic hydroxyl groups excluding tert-OH is 1. The number of β-amino-alcohol motifs (C(OH)–C–C–N with tert-alkyl or cyclic N) is 1. The molecule has 2 N–H and O–H groups in total. The normalized spacial score (nSPS) is 16.6. The highest BCUT2D eigenvalue weighted by atomic mass is 35.5. The van der Waals surface area contributed by atoms with E-state index in [0.717, 1.165) is 36.9 Å². The number of likely N-dealkylation sites (tertiary alicyclic amines) is 1. The van der Waals surface area contributed by atoms with Gasteiger partial charge in [0.15, 0.2) is 0 Å². The van der Waals surface area contributed by atoms with Gasteiger partial charge in [0.1, 0.15) is 5.82 Å². The van der Waals surface area contributed by atoms with Crippen LogP contribution in [-0.2, 0) is 0 Å². The predicted molar refractivity (Wildman–Crippen MR) is 87.3 cm³/mol. The smallest absolute Gasteiger partial charge is 0.255 e. The maximum Gasteiger partial charge on any atom is 0.255 e. The van der Waals surface area contributed by atoms with Gasteiger partial charge in [-0.15, -0.1) is 12.4 Å². The lowest BCUT2D eigenvalue weighted by Crippen LogP contribution is -2.35. The summed E-state index contributed by atoms with van der Waals surface area (Å²) in [4.78, 5) is 16.8. The highest BCUT2D eigenvalue weighted by Crippen LogP contribution is 2.31. The number of aromatic nitrogens is 1.